The van der Waals surface area contributed by atoms with E-state index in [1.807, 2.05) is 24.5 Å². The Kier molecular flexibility index (Phi) is 8.99. The van der Waals surface area contributed by atoms with Crippen LogP contribution in [-0.4, -0.2) is 17.6 Å². The molecule has 1 N–H and O–H groups in total. The Morgan fingerprint density at radius 1 is 1.37 bits per heavy atom. The fraction of sp³-hybridized carbons (Fsp3) is 0.588. The van der Waals surface area contributed by atoms with Crippen LogP contribution in [0.1, 0.15) is 51.0 Å². The summed E-state index contributed by atoms with van der Waals surface area (Å²) < 4.78 is 0. The average molecular weight is 260 g/mol. The summed E-state index contributed by atoms with van der Waals surface area (Å²) >= 11 is 0. The van der Waals surface area contributed by atoms with Crippen LogP contribution >= 0.6 is 0 Å². The second-order valence-corrected chi connectivity index (χ2v) is 5.14. The van der Waals surface area contributed by atoms with E-state index in [1.54, 1.807) is 0 Å². The average Bonchev–Trinajstić information content (AvgIpc) is 2.45. The molecule has 0 aromatic carbocycles. The first kappa shape index (κ1) is 15.9. The molecular formula is C17H28N2. The molecule has 0 bridgehead atoms. The number of allylic oxidation sites excluding steroid dienone is 1. The Morgan fingerprint density at radius 3 is 2.95 bits per heavy atom. The second kappa shape index (κ2) is 10.7. The molecule has 0 aliphatic carbocycles. The first-order valence-electron chi connectivity index (χ1n) is 7.60. The van der Waals surface area contributed by atoms with Crippen molar-refractivity contribution in [2.75, 3.05) is 6.54 Å². The Balaban J connectivity index is 2.31. The Bertz CT molecular complexity index is 321. The summed E-state index contributed by atoms with van der Waals surface area (Å²) in [6, 6.07) is 4.79. The largest absolute Gasteiger partial charge is 0.314 e. The fourth-order valence-electron chi connectivity index (χ4n) is 2.28. The van der Waals surface area contributed by atoms with Gasteiger partial charge in [-0.05, 0) is 50.3 Å². The minimum absolute atomic E-state index is 0.591. The predicted molar refractivity (Wildman–Crippen MR) is 83.3 cm³/mol. The van der Waals surface area contributed by atoms with E-state index in [0.717, 1.165) is 19.4 Å². The quantitative estimate of drug-likeness (QED) is 0.478. The predicted octanol–water partition coefficient (Wildman–Crippen LogP) is 4.13. The summed E-state index contributed by atoms with van der Waals surface area (Å²) in [6.07, 6.45) is 14.4. The van der Waals surface area contributed by atoms with E-state index in [9.17, 15) is 0 Å². The van der Waals surface area contributed by atoms with Crippen molar-refractivity contribution < 1.29 is 0 Å². The van der Waals surface area contributed by atoms with Crippen molar-refractivity contribution in [3.8, 4) is 0 Å². The molecule has 1 aromatic rings. The highest BCUT2D eigenvalue weighted by atomic mass is 14.9. The minimum Gasteiger partial charge on any atom is -0.314 e. The van der Waals surface area contributed by atoms with Crippen LogP contribution in [-0.2, 0) is 6.42 Å². The van der Waals surface area contributed by atoms with E-state index < -0.39 is 0 Å². The van der Waals surface area contributed by atoms with E-state index >= 15 is 0 Å². The van der Waals surface area contributed by atoms with Crippen LogP contribution in [0, 0.1) is 0 Å². The summed E-state index contributed by atoms with van der Waals surface area (Å²) in [4.78, 5) is 4.20. The zero-order valence-electron chi connectivity index (χ0n) is 12.3. The molecule has 2 heteroatoms. The smallest absolute Gasteiger partial charge is 0.0300 e. The van der Waals surface area contributed by atoms with Crippen LogP contribution in [0.4, 0.5) is 0 Å². The SMILES string of the molecule is C=CCCCCCC(Cc1cccnc1)NCCC. The highest BCUT2D eigenvalue weighted by molar-refractivity contribution is 5.10. The second-order valence-electron chi connectivity index (χ2n) is 5.14. The molecule has 0 fully saturated rings. The summed E-state index contributed by atoms with van der Waals surface area (Å²) in [7, 11) is 0. The number of rotatable bonds is 11. The number of aromatic nitrogens is 1. The lowest BCUT2D eigenvalue weighted by Crippen LogP contribution is -2.31. The molecular weight excluding hydrogens is 232 g/mol. The van der Waals surface area contributed by atoms with Gasteiger partial charge in [0.2, 0.25) is 0 Å². The Morgan fingerprint density at radius 2 is 2.26 bits per heavy atom. The van der Waals surface area contributed by atoms with Gasteiger partial charge >= 0.3 is 0 Å². The van der Waals surface area contributed by atoms with Crippen molar-refractivity contribution in [2.45, 2.75) is 57.9 Å². The van der Waals surface area contributed by atoms with Crippen molar-refractivity contribution >= 4 is 0 Å². The lowest BCUT2D eigenvalue weighted by atomic mass is 10.0. The van der Waals surface area contributed by atoms with E-state index in [2.05, 4.69) is 29.9 Å². The molecule has 0 amide bonds. The van der Waals surface area contributed by atoms with Crippen LogP contribution < -0.4 is 5.32 Å². The van der Waals surface area contributed by atoms with Crippen LogP contribution in [0.5, 0.6) is 0 Å². The summed E-state index contributed by atoms with van der Waals surface area (Å²) in [5.74, 6) is 0. The van der Waals surface area contributed by atoms with Crippen molar-refractivity contribution in [1.29, 1.82) is 0 Å². The molecule has 1 aromatic heterocycles. The van der Waals surface area contributed by atoms with Gasteiger partial charge in [0.25, 0.3) is 0 Å². The minimum atomic E-state index is 0.591. The van der Waals surface area contributed by atoms with Crippen LogP contribution in [0.15, 0.2) is 37.2 Å². The molecule has 0 aliphatic heterocycles. The zero-order chi connectivity index (χ0) is 13.8. The van der Waals surface area contributed by atoms with Crippen molar-refractivity contribution in [2.24, 2.45) is 0 Å². The maximum Gasteiger partial charge on any atom is 0.0300 e. The molecule has 1 heterocycles. The molecule has 0 aliphatic rings. The molecule has 0 saturated carbocycles. The maximum absolute atomic E-state index is 4.20. The van der Waals surface area contributed by atoms with Crippen LogP contribution in [0.2, 0.25) is 0 Å². The number of hydrogen-bond acceptors (Lipinski definition) is 2. The van der Waals surface area contributed by atoms with Crippen LogP contribution in [0.3, 0.4) is 0 Å². The van der Waals surface area contributed by atoms with E-state index in [0.29, 0.717) is 6.04 Å². The van der Waals surface area contributed by atoms with Gasteiger partial charge in [0.1, 0.15) is 0 Å². The monoisotopic (exact) mass is 260 g/mol. The normalized spacial score (nSPS) is 12.3. The zero-order valence-corrected chi connectivity index (χ0v) is 12.3. The van der Waals surface area contributed by atoms with Gasteiger partial charge in [-0.2, -0.15) is 0 Å². The van der Waals surface area contributed by atoms with Gasteiger partial charge in [-0.1, -0.05) is 31.9 Å². The van der Waals surface area contributed by atoms with Gasteiger partial charge in [-0.3, -0.25) is 4.98 Å². The molecule has 0 saturated heterocycles. The molecule has 1 atom stereocenters. The van der Waals surface area contributed by atoms with Gasteiger partial charge in [0.15, 0.2) is 0 Å². The number of hydrogen-bond donors (Lipinski definition) is 1. The molecule has 0 spiro atoms. The number of nitrogens with zero attached hydrogens (tertiary/aromatic N) is 1. The van der Waals surface area contributed by atoms with Gasteiger partial charge in [0, 0.05) is 18.4 Å². The molecule has 19 heavy (non-hydrogen) atoms. The van der Waals surface area contributed by atoms with Gasteiger partial charge < -0.3 is 5.32 Å². The molecule has 1 unspecified atom stereocenters. The van der Waals surface area contributed by atoms with Gasteiger partial charge in [-0.25, -0.2) is 0 Å². The third-order valence-electron chi connectivity index (χ3n) is 3.35. The van der Waals surface area contributed by atoms with Crippen LogP contribution in [0.25, 0.3) is 0 Å². The topological polar surface area (TPSA) is 24.9 Å². The van der Waals surface area contributed by atoms with E-state index in [-0.39, 0.29) is 0 Å². The summed E-state index contributed by atoms with van der Waals surface area (Å²) in [6.45, 7) is 7.10. The number of pyridine rings is 1. The Labute approximate surface area is 118 Å². The maximum atomic E-state index is 4.20. The highest BCUT2D eigenvalue weighted by Crippen LogP contribution is 2.10. The van der Waals surface area contributed by atoms with Gasteiger partial charge in [0.05, 0.1) is 0 Å². The van der Waals surface area contributed by atoms with Crippen molar-refractivity contribution in [3.63, 3.8) is 0 Å². The summed E-state index contributed by atoms with van der Waals surface area (Å²) in [5, 5.41) is 3.66. The molecule has 2 nitrogen and oxygen atoms in total. The third-order valence-corrected chi connectivity index (χ3v) is 3.35. The standard InChI is InChI=1S/C17H28N2/c1-3-5-6-7-8-11-17(19-12-4-2)14-16-10-9-13-18-15-16/h3,9-10,13,15,17,19H,1,4-8,11-12,14H2,2H3. The number of unbranched alkanes of at least 4 members (excludes halogenated alkanes) is 3. The van der Waals surface area contributed by atoms with Crippen molar-refractivity contribution in [3.05, 3.63) is 42.7 Å². The van der Waals surface area contributed by atoms with E-state index in [1.165, 1.54) is 37.7 Å². The van der Waals surface area contributed by atoms with Gasteiger partial charge in [-0.15, -0.1) is 6.58 Å². The Hall–Kier alpha value is -1.15. The van der Waals surface area contributed by atoms with Crippen molar-refractivity contribution in [1.82, 2.24) is 10.3 Å². The lowest BCUT2D eigenvalue weighted by molar-refractivity contribution is 0.454. The molecule has 106 valence electrons. The number of nitrogens with one attached hydrogen (secondary N) is 1. The van der Waals surface area contributed by atoms with E-state index in [4.69, 9.17) is 0 Å². The third kappa shape index (κ3) is 7.78. The molecule has 0 radical (unpaired) electrons. The molecule has 1 rings (SSSR count). The highest BCUT2D eigenvalue weighted by Gasteiger charge is 2.08. The first-order chi connectivity index (χ1) is 9.36. The summed E-state index contributed by atoms with van der Waals surface area (Å²) in [5.41, 5.74) is 1.34. The lowest BCUT2D eigenvalue weighted by Gasteiger charge is -2.18. The first-order valence-corrected chi connectivity index (χ1v) is 7.60. The fourth-order valence-corrected chi connectivity index (χ4v) is 2.28.